The molecule has 0 saturated heterocycles. The van der Waals surface area contributed by atoms with E-state index in [-0.39, 0.29) is 5.41 Å². The Bertz CT molecular complexity index is 568. The normalized spacial score (nSPS) is 14.1. The molecule has 19 heavy (non-hydrogen) atoms. The highest BCUT2D eigenvalue weighted by molar-refractivity contribution is 6.31. The van der Waals surface area contributed by atoms with Crippen LogP contribution in [0.1, 0.15) is 18.1 Å². The molecule has 3 heteroatoms. The Morgan fingerprint density at radius 3 is 2.11 bits per heavy atom. The fraction of sp³-hybridized carbons (Fsp3) is 0.250. The van der Waals surface area contributed by atoms with Crippen LogP contribution in [0.4, 0.5) is 0 Å². The molecule has 0 bridgehead atoms. The monoisotopic (exact) mass is 293 g/mol. The minimum Gasteiger partial charge on any atom is -0.330 e. The van der Waals surface area contributed by atoms with Gasteiger partial charge in [0.15, 0.2) is 0 Å². The molecule has 2 aromatic carbocycles. The predicted octanol–water partition coefficient (Wildman–Crippen LogP) is 4.45. The summed E-state index contributed by atoms with van der Waals surface area (Å²) in [4.78, 5) is 0. The van der Waals surface area contributed by atoms with E-state index in [0.717, 1.165) is 27.6 Å². The van der Waals surface area contributed by atoms with Gasteiger partial charge in [-0.25, -0.2) is 0 Å². The van der Waals surface area contributed by atoms with Crippen molar-refractivity contribution in [3.63, 3.8) is 0 Å². The number of halogens is 2. The molecule has 0 aromatic heterocycles. The molecule has 1 unspecified atom stereocenters. The second-order valence-electron chi connectivity index (χ2n) is 5.01. The Morgan fingerprint density at radius 2 is 1.53 bits per heavy atom. The first-order valence-corrected chi connectivity index (χ1v) is 7.01. The third kappa shape index (κ3) is 3.11. The largest absolute Gasteiger partial charge is 0.330 e. The van der Waals surface area contributed by atoms with Crippen molar-refractivity contribution in [1.82, 2.24) is 0 Å². The van der Waals surface area contributed by atoms with E-state index in [9.17, 15) is 0 Å². The summed E-state index contributed by atoms with van der Waals surface area (Å²) in [5.41, 5.74) is 7.95. The molecule has 0 aliphatic carbocycles. The van der Waals surface area contributed by atoms with Gasteiger partial charge in [0, 0.05) is 22.0 Å². The summed E-state index contributed by atoms with van der Waals surface area (Å²) in [5, 5.41) is 1.52. The highest BCUT2D eigenvalue weighted by atomic mass is 35.5. The van der Waals surface area contributed by atoms with Crippen molar-refractivity contribution < 1.29 is 0 Å². The second-order valence-corrected chi connectivity index (χ2v) is 5.83. The van der Waals surface area contributed by atoms with Gasteiger partial charge in [-0.1, -0.05) is 66.5 Å². The summed E-state index contributed by atoms with van der Waals surface area (Å²) in [6, 6.07) is 15.7. The maximum Gasteiger partial charge on any atom is 0.0444 e. The van der Waals surface area contributed by atoms with Gasteiger partial charge in [0.25, 0.3) is 0 Å². The van der Waals surface area contributed by atoms with Gasteiger partial charge in [-0.05, 0) is 29.7 Å². The molecular formula is C16H17Cl2N. The maximum atomic E-state index is 6.30. The Hall–Kier alpha value is -1.02. The fourth-order valence-electron chi connectivity index (χ4n) is 2.29. The summed E-state index contributed by atoms with van der Waals surface area (Å²) in [6.45, 7) is 2.64. The Balaban J connectivity index is 2.39. The van der Waals surface area contributed by atoms with Crippen LogP contribution in [0.15, 0.2) is 48.5 Å². The first-order chi connectivity index (χ1) is 9.07. The lowest BCUT2D eigenvalue weighted by atomic mass is 9.77. The van der Waals surface area contributed by atoms with Gasteiger partial charge in [0.1, 0.15) is 0 Å². The molecule has 0 radical (unpaired) electrons. The number of nitrogens with two attached hydrogens (primary N) is 1. The quantitative estimate of drug-likeness (QED) is 0.885. The van der Waals surface area contributed by atoms with E-state index >= 15 is 0 Å². The SMILES string of the molecule is CC(CN)(Cc1ccccc1Cl)c1ccccc1Cl. The van der Waals surface area contributed by atoms with Gasteiger partial charge in [-0.2, -0.15) is 0 Å². The molecule has 2 rings (SSSR count). The van der Waals surface area contributed by atoms with Crippen molar-refractivity contribution in [2.75, 3.05) is 6.54 Å². The molecule has 2 N–H and O–H groups in total. The number of hydrogen-bond donors (Lipinski definition) is 1. The zero-order valence-electron chi connectivity index (χ0n) is 10.9. The molecule has 0 spiro atoms. The molecular weight excluding hydrogens is 277 g/mol. The van der Waals surface area contributed by atoms with Crippen LogP contribution in [-0.4, -0.2) is 6.54 Å². The zero-order chi connectivity index (χ0) is 13.9. The molecule has 0 aliphatic rings. The van der Waals surface area contributed by atoms with Crippen LogP contribution < -0.4 is 5.73 Å². The number of hydrogen-bond acceptors (Lipinski definition) is 1. The fourth-order valence-corrected chi connectivity index (χ4v) is 2.86. The lowest BCUT2D eigenvalue weighted by Gasteiger charge is -2.30. The minimum atomic E-state index is -0.219. The molecule has 1 atom stereocenters. The van der Waals surface area contributed by atoms with Gasteiger partial charge < -0.3 is 5.73 Å². The lowest BCUT2D eigenvalue weighted by Crippen LogP contribution is -2.34. The molecule has 0 amide bonds. The van der Waals surface area contributed by atoms with E-state index in [4.69, 9.17) is 28.9 Å². The molecule has 0 heterocycles. The molecule has 2 aromatic rings. The molecule has 100 valence electrons. The van der Waals surface area contributed by atoms with E-state index in [0.29, 0.717) is 6.54 Å². The van der Waals surface area contributed by atoms with Crippen molar-refractivity contribution >= 4 is 23.2 Å². The summed E-state index contributed by atoms with van der Waals surface area (Å²) < 4.78 is 0. The van der Waals surface area contributed by atoms with Gasteiger partial charge in [0.05, 0.1) is 0 Å². The molecule has 0 aliphatic heterocycles. The van der Waals surface area contributed by atoms with E-state index in [1.807, 2.05) is 48.5 Å². The van der Waals surface area contributed by atoms with Gasteiger partial charge >= 0.3 is 0 Å². The summed E-state index contributed by atoms with van der Waals surface area (Å²) >= 11 is 12.5. The molecule has 0 saturated carbocycles. The summed E-state index contributed by atoms with van der Waals surface area (Å²) in [6.07, 6.45) is 0.771. The van der Waals surface area contributed by atoms with Crippen molar-refractivity contribution in [2.24, 2.45) is 5.73 Å². The topological polar surface area (TPSA) is 26.0 Å². The van der Waals surface area contributed by atoms with Crippen LogP contribution in [0.2, 0.25) is 10.0 Å². The highest BCUT2D eigenvalue weighted by Crippen LogP contribution is 2.34. The second kappa shape index (κ2) is 5.96. The van der Waals surface area contributed by atoms with E-state index in [1.165, 1.54) is 0 Å². The zero-order valence-corrected chi connectivity index (χ0v) is 12.4. The molecule has 0 fully saturated rings. The first kappa shape index (κ1) is 14.4. The highest BCUT2D eigenvalue weighted by Gasteiger charge is 2.28. The van der Waals surface area contributed by atoms with E-state index in [1.54, 1.807) is 0 Å². The van der Waals surface area contributed by atoms with E-state index < -0.39 is 0 Å². The van der Waals surface area contributed by atoms with Gasteiger partial charge in [-0.3, -0.25) is 0 Å². The van der Waals surface area contributed by atoms with Crippen LogP contribution in [0.25, 0.3) is 0 Å². The average Bonchev–Trinajstić information content (AvgIpc) is 2.42. The van der Waals surface area contributed by atoms with Crippen LogP contribution >= 0.6 is 23.2 Å². The third-order valence-electron chi connectivity index (χ3n) is 3.51. The van der Waals surface area contributed by atoms with E-state index in [2.05, 4.69) is 6.92 Å². The van der Waals surface area contributed by atoms with Crippen LogP contribution in [0, 0.1) is 0 Å². The van der Waals surface area contributed by atoms with Crippen molar-refractivity contribution in [2.45, 2.75) is 18.8 Å². The Kier molecular flexibility index (Phi) is 4.51. The van der Waals surface area contributed by atoms with Crippen LogP contribution in [0.3, 0.4) is 0 Å². The maximum absolute atomic E-state index is 6.30. The van der Waals surface area contributed by atoms with Crippen molar-refractivity contribution in [3.8, 4) is 0 Å². The van der Waals surface area contributed by atoms with Crippen LogP contribution in [0.5, 0.6) is 0 Å². The first-order valence-electron chi connectivity index (χ1n) is 6.25. The van der Waals surface area contributed by atoms with Gasteiger partial charge in [0.2, 0.25) is 0 Å². The number of rotatable bonds is 4. The lowest BCUT2D eigenvalue weighted by molar-refractivity contribution is 0.481. The van der Waals surface area contributed by atoms with Crippen LogP contribution in [-0.2, 0) is 11.8 Å². The summed E-state index contributed by atoms with van der Waals surface area (Å²) in [7, 11) is 0. The smallest absolute Gasteiger partial charge is 0.0444 e. The minimum absolute atomic E-state index is 0.219. The van der Waals surface area contributed by atoms with Gasteiger partial charge in [-0.15, -0.1) is 0 Å². The third-order valence-corrected chi connectivity index (χ3v) is 4.21. The van der Waals surface area contributed by atoms with Crippen molar-refractivity contribution in [3.05, 3.63) is 69.7 Å². The average molecular weight is 294 g/mol. The Labute approximate surface area is 124 Å². The molecule has 1 nitrogen and oxygen atoms in total. The standard InChI is InChI=1S/C16H17Cl2N/c1-16(11-19,13-7-3-5-9-15(13)18)10-12-6-2-4-8-14(12)17/h2-9H,10-11,19H2,1H3. The number of benzene rings is 2. The summed E-state index contributed by atoms with van der Waals surface area (Å²) in [5.74, 6) is 0. The Morgan fingerprint density at radius 1 is 0.947 bits per heavy atom. The van der Waals surface area contributed by atoms with Crippen molar-refractivity contribution in [1.29, 1.82) is 0 Å². The predicted molar refractivity (Wildman–Crippen MR) is 83.0 cm³/mol.